The minimum atomic E-state index is -4.42. The van der Waals surface area contributed by atoms with E-state index in [2.05, 4.69) is 5.32 Å². The summed E-state index contributed by atoms with van der Waals surface area (Å²) in [5.74, 6) is -0.374. The van der Waals surface area contributed by atoms with Gasteiger partial charge in [-0.25, -0.2) is 0 Å². The lowest BCUT2D eigenvalue weighted by Crippen LogP contribution is -2.09. The van der Waals surface area contributed by atoms with Crippen LogP contribution >= 0.6 is 11.6 Å². The fraction of sp³-hybridized carbons (Fsp3) is 0.125. The highest BCUT2D eigenvalue weighted by Gasteiger charge is 2.18. The van der Waals surface area contributed by atoms with Crippen LogP contribution in [0.4, 0.5) is 11.4 Å². The van der Waals surface area contributed by atoms with E-state index < -0.39 is 15.0 Å². The molecule has 6 nitrogen and oxygen atoms in total. The maximum atomic E-state index is 10.9. The number of carbonyl (C=O) groups is 1. The Kier molecular flexibility index (Phi) is 3.41. The number of hydrogen-bond donors (Lipinski definition) is 3. The second-order valence-corrected chi connectivity index (χ2v) is 4.76. The zero-order chi connectivity index (χ0) is 12.5. The molecule has 0 spiro atoms. The number of hydrogen-bond acceptors (Lipinski definition) is 4. The molecule has 88 valence electrons. The van der Waals surface area contributed by atoms with Crippen molar-refractivity contribution in [3.05, 3.63) is 17.2 Å². The highest BCUT2D eigenvalue weighted by molar-refractivity contribution is 7.86. The number of nitrogen functional groups attached to an aromatic ring is 1. The average molecular weight is 265 g/mol. The van der Waals surface area contributed by atoms with Crippen molar-refractivity contribution < 1.29 is 17.8 Å². The van der Waals surface area contributed by atoms with Crippen molar-refractivity contribution in [1.82, 2.24) is 0 Å². The van der Waals surface area contributed by atoms with Gasteiger partial charge in [-0.2, -0.15) is 8.42 Å². The van der Waals surface area contributed by atoms with Crippen molar-refractivity contribution in [2.45, 2.75) is 11.8 Å². The molecule has 0 bridgehead atoms. The Morgan fingerprint density at radius 2 is 2.06 bits per heavy atom. The molecular weight excluding hydrogens is 256 g/mol. The predicted octanol–water partition coefficient (Wildman–Crippen LogP) is 1.13. The molecule has 0 radical (unpaired) electrons. The van der Waals surface area contributed by atoms with Gasteiger partial charge in [0.05, 0.1) is 16.4 Å². The Morgan fingerprint density at radius 1 is 1.50 bits per heavy atom. The van der Waals surface area contributed by atoms with Crippen LogP contribution < -0.4 is 11.1 Å². The summed E-state index contributed by atoms with van der Waals surface area (Å²) in [5.41, 5.74) is 5.29. The summed E-state index contributed by atoms with van der Waals surface area (Å²) in [6.45, 7) is 1.27. The lowest BCUT2D eigenvalue weighted by molar-refractivity contribution is -0.114. The van der Waals surface area contributed by atoms with Crippen LogP contribution in [0.1, 0.15) is 6.92 Å². The number of anilines is 2. The minimum absolute atomic E-state index is 0.134. The lowest BCUT2D eigenvalue weighted by atomic mass is 10.3. The van der Waals surface area contributed by atoms with Crippen LogP contribution in [0.15, 0.2) is 17.0 Å². The summed E-state index contributed by atoms with van der Waals surface area (Å²) in [5, 5.41) is 2.23. The minimum Gasteiger partial charge on any atom is -0.396 e. The van der Waals surface area contributed by atoms with Crippen LogP contribution in [0.2, 0.25) is 5.02 Å². The summed E-state index contributed by atoms with van der Waals surface area (Å²) in [6.07, 6.45) is 0. The monoisotopic (exact) mass is 264 g/mol. The fourth-order valence-corrected chi connectivity index (χ4v) is 1.97. The topological polar surface area (TPSA) is 109 Å². The molecule has 0 aliphatic heterocycles. The Labute approximate surface area is 97.1 Å². The normalized spacial score (nSPS) is 11.2. The van der Waals surface area contributed by atoms with Crippen molar-refractivity contribution in [3.63, 3.8) is 0 Å². The van der Waals surface area contributed by atoms with Crippen LogP contribution in [-0.4, -0.2) is 18.9 Å². The standard InChI is InChI=1S/C8H9ClN2O4S/c1-4(12)11-5-2-3-6(16(13,14)15)8(10)7(5)9/h2-3H,10H2,1H3,(H,11,12)(H,13,14,15). The van der Waals surface area contributed by atoms with E-state index in [4.69, 9.17) is 21.9 Å². The smallest absolute Gasteiger partial charge is 0.296 e. The number of rotatable bonds is 2. The molecule has 4 N–H and O–H groups in total. The van der Waals surface area contributed by atoms with Gasteiger partial charge in [0.25, 0.3) is 10.1 Å². The summed E-state index contributed by atoms with van der Waals surface area (Å²) < 4.78 is 30.6. The van der Waals surface area contributed by atoms with E-state index in [1.54, 1.807) is 0 Å². The summed E-state index contributed by atoms with van der Waals surface area (Å²) in [6, 6.07) is 2.30. The maximum Gasteiger partial charge on any atom is 0.296 e. The van der Waals surface area contributed by atoms with Gasteiger partial charge in [-0.3, -0.25) is 9.35 Å². The van der Waals surface area contributed by atoms with Gasteiger partial charge < -0.3 is 11.1 Å². The summed E-state index contributed by atoms with van der Waals surface area (Å²) >= 11 is 5.73. The third-order valence-electron chi connectivity index (χ3n) is 1.73. The SMILES string of the molecule is CC(=O)Nc1ccc(S(=O)(=O)O)c(N)c1Cl. The summed E-state index contributed by atoms with van der Waals surface area (Å²) in [4.78, 5) is 10.3. The molecule has 16 heavy (non-hydrogen) atoms. The van der Waals surface area contributed by atoms with Crippen molar-refractivity contribution in [3.8, 4) is 0 Å². The van der Waals surface area contributed by atoms with Gasteiger partial charge in [0.1, 0.15) is 4.90 Å². The fourth-order valence-electron chi connectivity index (χ4n) is 1.09. The maximum absolute atomic E-state index is 10.9. The Hall–Kier alpha value is -1.31. The van der Waals surface area contributed by atoms with Gasteiger partial charge in [0.15, 0.2) is 0 Å². The van der Waals surface area contributed by atoms with E-state index >= 15 is 0 Å². The van der Waals surface area contributed by atoms with E-state index in [9.17, 15) is 13.2 Å². The molecule has 0 saturated carbocycles. The van der Waals surface area contributed by atoms with Crippen LogP contribution in [-0.2, 0) is 14.9 Å². The molecule has 0 heterocycles. The van der Waals surface area contributed by atoms with Crippen LogP contribution in [0.25, 0.3) is 0 Å². The number of carbonyl (C=O) groups excluding carboxylic acids is 1. The quantitative estimate of drug-likeness (QED) is 0.548. The number of halogens is 1. The molecule has 1 rings (SSSR count). The number of nitrogens with two attached hydrogens (primary N) is 1. The molecule has 0 aliphatic carbocycles. The van der Waals surface area contributed by atoms with E-state index in [1.165, 1.54) is 13.0 Å². The molecular formula is C8H9ClN2O4S. The first-order valence-electron chi connectivity index (χ1n) is 4.06. The lowest BCUT2D eigenvalue weighted by Gasteiger charge is -2.09. The molecule has 8 heteroatoms. The average Bonchev–Trinajstić information content (AvgIpc) is 2.10. The molecule has 1 amide bonds. The zero-order valence-corrected chi connectivity index (χ0v) is 9.76. The van der Waals surface area contributed by atoms with Gasteiger partial charge in [0.2, 0.25) is 5.91 Å². The molecule has 0 fully saturated rings. The largest absolute Gasteiger partial charge is 0.396 e. The number of nitrogens with one attached hydrogen (secondary N) is 1. The second-order valence-electron chi connectivity index (χ2n) is 3.00. The first-order chi connectivity index (χ1) is 7.23. The number of benzene rings is 1. The van der Waals surface area contributed by atoms with E-state index in [-0.39, 0.29) is 22.3 Å². The van der Waals surface area contributed by atoms with Crippen molar-refractivity contribution in [2.75, 3.05) is 11.1 Å². The highest BCUT2D eigenvalue weighted by Crippen LogP contribution is 2.33. The molecule has 1 aromatic rings. The summed E-state index contributed by atoms with van der Waals surface area (Å²) in [7, 11) is -4.42. The van der Waals surface area contributed by atoms with E-state index in [1.807, 2.05) is 0 Å². The Balaban J connectivity index is 3.35. The molecule has 0 aromatic heterocycles. The van der Waals surface area contributed by atoms with Crippen molar-refractivity contribution in [2.24, 2.45) is 0 Å². The van der Waals surface area contributed by atoms with Crippen LogP contribution in [0, 0.1) is 0 Å². The van der Waals surface area contributed by atoms with Gasteiger partial charge in [-0.15, -0.1) is 0 Å². The third-order valence-corrected chi connectivity index (χ3v) is 3.05. The third kappa shape index (κ3) is 2.63. The first kappa shape index (κ1) is 12.8. The van der Waals surface area contributed by atoms with Crippen molar-refractivity contribution in [1.29, 1.82) is 0 Å². The zero-order valence-electron chi connectivity index (χ0n) is 8.19. The van der Waals surface area contributed by atoms with Crippen LogP contribution in [0.3, 0.4) is 0 Å². The van der Waals surface area contributed by atoms with Gasteiger partial charge in [0, 0.05) is 6.92 Å². The Morgan fingerprint density at radius 3 is 2.50 bits per heavy atom. The molecule has 0 saturated heterocycles. The van der Waals surface area contributed by atoms with Gasteiger partial charge in [-0.05, 0) is 12.1 Å². The Bertz CT molecular complexity index is 541. The molecule has 0 atom stereocenters. The first-order valence-corrected chi connectivity index (χ1v) is 5.88. The van der Waals surface area contributed by atoms with Gasteiger partial charge >= 0.3 is 0 Å². The highest BCUT2D eigenvalue weighted by atomic mass is 35.5. The predicted molar refractivity (Wildman–Crippen MR) is 60.0 cm³/mol. The molecule has 0 aliphatic rings. The van der Waals surface area contributed by atoms with Crippen molar-refractivity contribution >= 4 is 39.0 Å². The molecule has 1 aromatic carbocycles. The van der Waals surface area contributed by atoms with Gasteiger partial charge in [-0.1, -0.05) is 11.6 Å². The van der Waals surface area contributed by atoms with E-state index in [0.717, 1.165) is 6.07 Å². The van der Waals surface area contributed by atoms with Crippen LogP contribution in [0.5, 0.6) is 0 Å². The molecule has 0 unspecified atom stereocenters. The second kappa shape index (κ2) is 4.28. The number of amides is 1. The van der Waals surface area contributed by atoms with E-state index in [0.29, 0.717) is 0 Å².